The highest BCUT2D eigenvalue weighted by atomic mass is 32.2. The van der Waals surface area contributed by atoms with Gasteiger partial charge < -0.3 is 0 Å². The van der Waals surface area contributed by atoms with Crippen LogP contribution in [0.2, 0.25) is 0 Å². The Bertz CT molecular complexity index is 397. The number of hydrogen-bond donors (Lipinski definition) is 0. The van der Waals surface area contributed by atoms with E-state index in [1.54, 1.807) is 0 Å². The van der Waals surface area contributed by atoms with Crippen molar-refractivity contribution in [2.24, 2.45) is 0 Å². The van der Waals surface area contributed by atoms with E-state index in [0.29, 0.717) is 6.04 Å². The fourth-order valence-corrected chi connectivity index (χ4v) is 3.05. The molecule has 1 saturated heterocycles. The van der Waals surface area contributed by atoms with Crippen LogP contribution in [-0.2, 0) is 6.54 Å². The molecular formula is C13H16N2S. The van der Waals surface area contributed by atoms with Crippen LogP contribution in [0, 0.1) is 11.3 Å². The van der Waals surface area contributed by atoms with Crippen LogP contribution in [0.4, 0.5) is 0 Å². The molecule has 1 aliphatic rings. The van der Waals surface area contributed by atoms with Crippen molar-refractivity contribution < 1.29 is 0 Å². The van der Waals surface area contributed by atoms with Crippen LogP contribution in [0.1, 0.15) is 18.1 Å². The monoisotopic (exact) mass is 232 g/mol. The molecule has 0 N–H and O–H groups in total. The predicted molar refractivity (Wildman–Crippen MR) is 68.4 cm³/mol. The van der Waals surface area contributed by atoms with Crippen molar-refractivity contribution in [2.75, 3.05) is 18.1 Å². The predicted octanol–water partition coefficient (Wildman–Crippen LogP) is 2.50. The Hall–Kier alpha value is -0.980. The normalized spacial score (nSPS) is 21.6. The Morgan fingerprint density at radius 2 is 2.44 bits per heavy atom. The lowest BCUT2D eigenvalue weighted by molar-refractivity contribution is 0.224. The van der Waals surface area contributed by atoms with E-state index >= 15 is 0 Å². The van der Waals surface area contributed by atoms with Gasteiger partial charge in [0.25, 0.3) is 0 Å². The van der Waals surface area contributed by atoms with Crippen LogP contribution in [0.15, 0.2) is 24.3 Å². The zero-order valence-electron chi connectivity index (χ0n) is 9.52. The summed E-state index contributed by atoms with van der Waals surface area (Å²) in [6.45, 7) is 4.40. The van der Waals surface area contributed by atoms with Crippen molar-refractivity contribution in [3.05, 3.63) is 35.4 Å². The Labute approximate surface area is 101 Å². The molecule has 1 fully saturated rings. The van der Waals surface area contributed by atoms with Crippen LogP contribution in [0.3, 0.4) is 0 Å². The number of hydrogen-bond acceptors (Lipinski definition) is 3. The standard InChI is InChI=1S/C13H16N2S/c1-11-10-16-6-5-15(11)9-13-4-2-3-12(7-13)8-14/h2-4,7,11H,5-6,9-10H2,1H3. The Balaban J connectivity index is 2.05. The number of rotatable bonds is 2. The molecule has 0 spiro atoms. The van der Waals surface area contributed by atoms with Gasteiger partial charge in [0.15, 0.2) is 0 Å². The van der Waals surface area contributed by atoms with Crippen LogP contribution < -0.4 is 0 Å². The molecule has 1 aromatic carbocycles. The minimum atomic E-state index is 0.643. The van der Waals surface area contributed by atoms with Gasteiger partial charge in [0, 0.05) is 30.6 Å². The lowest BCUT2D eigenvalue weighted by Gasteiger charge is -2.32. The summed E-state index contributed by atoms with van der Waals surface area (Å²) in [7, 11) is 0. The minimum Gasteiger partial charge on any atom is -0.295 e. The first-order chi connectivity index (χ1) is 7.79. The molecule has 1 unspecified atom stereocenters. The summed E-state index contributed by atoms with van der Waals surface area (Å²) in [4.78, 5) is 2.49. The molecule has 0 amide bonds. The maximum atomic E-state index is 8.85. The lowest BCUT2D eigenvalue weighted by atomic mass is 10.1. The molecule has 0 aromatic heterocycles. The van der Waals surface area contributed by atoms with Crippen LogP contribution in [-0.4, -0.2) is 29.0 Å². The second-order valence-electron chi connectivity index (χ2n) is 4.21. The molecule has 2 nitrogen and oxygen atoms in total. The van der Waals surface area contributed by atoms with Gasteiger partial charge in [-0.2, -0.15) is 17.0 Å². The van der Waals surface area contributed by atoms with E-state index in [9.17, 15) is 0 Å². The van der Waals surface area contributed by atoms with Crippen molar-refractivity contribution in [2.45, 2.75) is 19.5 Å². The number of thioether (sulfide) groups is 1. The van der Waals surface area contributed by atoms with Gasteiger partial charge in [-0.3, -0.25) is 4.90 Å². The summed E-state index contributed by atoms with van der Waals surface area (Å²) in [5.74, 6) is 2.44. The topological polar surface area (TPSA) is 27.0 Å². The van der Waals surface area contributed by atoms with Crippen molar-refractivity contribution >= 4 is 11.8 Å². The molecule has 1 aromatic rings. The van der Waals surface area contributed by atoms with Gasteiger partial charge in [-0.25, -0.2) is 0 Å². The molecular weight excluding hydrogens is 216 g/mol. The molecule has 0 saturated carbocycles. The summed E-state index contributed by atoms with van der Waals surface area (Å²) < 4.78 is 0. The maximum absolute atomic E-state index is 8.85. The molecule has 1 aliphatic heterocycles. The number of nitriles is 1. The molecule has 1 atom stereocenters. The van der Waals surface area contributed by atoms with E-state index in [2.05, 4.69) is 24.0 Å². The van der Waals surface area contributed by atoms with Crippen LogP contribution in [0.25, 0.3) is 0 Å². The molecule has 84 valence electrons. The van der Waals surface area contributed by atoms with Gasteiger partial charge in [0.1, 0.15) is 0 Å². The van der Waals surface area contributed by atoms with E-state index in [4.69, 9.17) is 5.26 Å². The lowest BCUT2D eigenvalue weighted by Crippen LogP contribution is -2.39. The molecule has 0 radical (unpaired) electrons. The van der Waals surface area contributed by atoms with E-state index in [1.807, 2.05) is 30.0 Å². The first-order valence-electron chi connectivity index (χ1n) is 5.60. The molecule has 2 rings (SSSR count). The van der Waals surface area contributed by atoms with Gasteiger partial charge >= 0.3 is 0 Å². The zero-order valence-corrected chi connectivity index (χ0v) is 10.3. The van der Waals surface area contributed by atoms with Gasteiger partial charge in [-0.1, -0.05) is 12.1 Å². The first kappa shape index (κ1) is 11.5. The van der Waals surface area contributed by atoms with Gasteiger partial charge in [-0.15, -0.1) is 0 Å². The Morgan fingerprint density at radius 3 is 3.19 bits per heavy atom. The minimum absolute atomic E-state index is 0.643. The number of nitrogens with zero attached hydrogens (tertiary/aromatic N) is 2. The van der Waals surface area contributed by atoms with Crippen LogP contribution >= 0.6 is 11.8 Å². The van der Waals surface area contributed by atoms with E-state index in [-0.39, 0.29) is 0 Å². The molecule has 0 aliphatic carbocycles. The quantitative estimate of drug-likeness (QED) is 0.784. The smallest absolute Gasteiger partial charge is 0.0991 e. The van der Waals surface area contributed by atoms with E-state index in [1.165, 1.54) is 17.1 Å². The average molecular weight is 232 g/mol. The van der Waals surface area contributed by atoms with Crippen molar-refractivity contribution in [1.29, 1.82) is 5.26 Å². The third kappa shape index (κ3) is 2.78. The largest absolute Gasteiger partial charge is 0.295 e. The molecule has 0 bridgehead atoms. The summed E-state index contributed by atoms with van der Waals surface area (Å²) in [5.41, 5.74) is 2.01. The average Bonchev–Trinajstić information content (AvgIpc) is 2.32. The van der Waals surface area contributed by atoms with Crippen molar-refractivity contribution in [3.8, 4) is 6.07 Å². The van der Waals surface area contributed by atoms with Crippen molar-refractivity contribution in [3.63, 3.8) is 0 Å². The van der Waals surface area contributed by atoms with E-state index in [0.717, 1.165) is 18.7 Å². The maximum Gasteiger partial charge on any atom is 0.0991 e. The highest BCUT2D eigenvalue weighted by Crippen LogP contribution is 2.18. The molecule has 16 heavy (non-hydrogen) atoms. The summed E-state index contributed by atoms with van der Waals surface area (Å²) in [6, 6.07) is 10.8. The third-order valence-corrected chi connectivity index (χ3v) is 4.14. The second kappa shape index (κ2) is 5.38. The fourth-order valence-electron chi connectivity index (χ4n) is 1.97. The molecule has 1 heterocycles. The Morgan fingerprint density at radius 1 is 1.56 bits per heavy atom. The Kier molecular flexibility index (Phi) is 3.87. The van der Waals surface area contributed by atoms with Gasteiger partial charge in [0.05, 0.1) is 11.6 Å². The zero-order chi connectivity index (χ0) is 11.4. The summed E-state index contributed by atoms with van der Waals surface area (Å²) in [5, 5.41) is 8.85. The van der Waals surface area contributed by atoms with Crippen molar-refractivity contribution in [1.82, 2.24) is 4.90 Å². The number of benzene rings is 1. The highest BCUT2D eigenvalue weighted by molar-refractivity contribution is 7.99. The fraction of sp³-hybridized carbons (Fsp3) is 0.462. The van der Waals surface area contributed by atoms with Gasteiger partial charge in [0.2, 0.25) is 0 Å². The highest BCUT2D eigenvalue weighted by Gasteiger charge is 2.18. The molecule has 3 heteroatoms. The van der Waals surface area contributed by atoms with E-state index < -0.39 is 0 Å². The first-order valence-corrected chi connectivity index (χ1v) is 6.76. The summed E-state index contributed by atoms with van der Waals surface area (Å²) >= 11 is 2.03. The SMILES string of the molecule is CC1CSCCN1Cc1cccc(C#N)c1. The summed E-state index contributed by atoms with van der Waals surface area (Å²) in [6.07, 6.45) is 0. The van der Waals surface area contributed by atoms with Gasteiger partial charge in [-0.05, 0) is 24.6 Å². The van der Waals surface area contributed by atoms with Crippen LogP contribution in [0.5, 0.6) is 0 Å². The third-order valence-electron chi connectivity index (χ3n) is 2.95. The second-order valence-corrected chi connectivity index (χ2v) is 5.36.